The van der Waals surface area contributed by atoms with E-state index in [0.29, 0.717) is 24.3 Å². The van der Waals surface area contributed by atoms with Crippen LogP contribution in [0.2, 0.25) is 0 Å². The number of rotatable bonds is 5. The molecule has 18 heavy (non-hydrogen) atoms. The van der Waals surface area contributed by atoms with Gasteiger partial charge in [-0.25, -0.2) is 4.39 Å². The summed E-state index contributed by atoms with van der Waals surface area (Å²) in [6.07, 6.45) is 0. The van der Waals surface area contributed by atoms with Crippen LogP contribution in [0.25, 0.3) is 0 Å². The number of carbonyl (C=O) groups excluding carboxylic acids is 1. The van der Waals surface area contributed by atoms with Crippen LogP contribution in [-0.2, 0) is 4.74 Å². The van der Waals surface area contributed by atoms with Gasteiger partial charge in [0, 0.05) is 32.3 Å². The Bertz CT molecular complexity index is 423. The highest BCUT2D eigenvalue weighted by molar-refractivity contribution is 5.94. The quantitative estimate of drug-likeness (QED) is 0.858. The lowest BCUT2D eigenvalue weighted by Crippen LogP contribution is -2.41. The first-order chi connectivity index (χ1) is 8.45. The van der Waals surface area contributed by atoms with Crippen molar-refractivity contribution in [1.82, 2.24) is 4.90 Å². The molecule has 0 aromatic heterocycles. The van der Waals surface area contributed by atoms with Crippen LogP contribution in [0.15, 0.2) is 18.2 Å². The number of amides is 1. The van der Waals surface area contributed by atoms with Gasteiger partial charge in [-0.3, -0.25) is 4.79 Å². The highest BCUT2D eigenvalue weighted by Gasteiger charge is 2.15. The van der Waals surface area contributed by atoms with Crippen molar-refractivity contribution in [2.75, 3.05) is 27.3 Å². The summed E-state index contributed by atoms with van der Waals surface area (Å²) in [6.45, 7) is 2.41. The molecule has 0 aliphatic heterocycles. The van der Waals surface area contributed by atoms with E-state index in [1.54, 1.807) is 21.1 Å². The van der Waals surface area contributed by atoms with E-state index in [9.17, 15) is 9.18 Å². The molecule has 0 fully saturated rings. The lowest BCUT2D eigenvalue weighted by molar-refractivity contribution is 0.0764. The summed E-state index contributed by atoms with van der Waals surface area (Å²) in [5.74, 6) is -0.491. The van der Waals surface area contributed by atoms with Crippen LogP contribution >= 0.6 is 0 Å². The Morgan fingerprint density at radius 3 is 2.78 bits per heavy atom. The standard InChI is InChI=1S/C13H19FN2O2/c1-9-6-10(4-5-12(9)14)13(17)16(2)7-11(15)8-18-3/h4-6,11H,7-8,15H2,1-3H3. The molecular weight excluding hydrogens is 235 g/mol. The summed E-state index contributed by atoms with van der Waals surface area (Å²) < 4.78 is 18.0. The maximum Gasteiger partial charge on any atom is 0.253 e. The molecule has 1 aromatic carbocycles. The third-order valence-corrected chi connectivity index (χ3v) is 2.64. The molecule has 0 radical (unpaired) electrons. The van der Waals surface area contributed by atoms with E-state index in [-0.39, 0.29) is 17.8 Å². The number of benzene rings is 1. The van der Waals surface area contributed by atoms with Crippen molar-refractivity contribution in [3.63, 3.8) is 0 Å². The molecule has 5 heteroatoms. The van der Waals surface area contributed by atoms with Crippen molar-refractivity contribution in [2.24, 2.45) is 5.73 Å². The van der Waals surface area contributed by atoms with Gasteiger partial charge in [-0.1, -0.05) is 0 Å². The average molecular weight is 254 g/mol. The van der Waals surface area contributed by atoms with Crippen molar-refractivity contribution >= 4 is 5.91 Å². The normalized spacial score (nSPS) is 12.3. The zero-order chi connectivity index (χ0) is 13.7. The Balaban J connectivity index is 2.71. The fraction of sp³-hybridized carbons (Fsp3) is 0.462. The van der Waals surface area contributed by atoms with Crippen LogP contribution in [0, 0.1) is 12.7 Å². The van der Waals surface area contributed by atoms with Gasteiger partial charge in [-0.15, -0.1) is 0 Å². The Morgan fingerprint density at radius 1 is 1.56 bits per heavy atom. The number of ether oxygens (including phenoxy) is 1. The number of hydrogen-bond donors (Lipinski definition) is 1. The molecule has 1 amide bonds. The second-order valence-electron chi connectivity index (χ2n) is 4.37. The number of likely N-dealkylation sites (N-methyl/N-ethyl adjacent to an activating group) is 1. The van der Waals surface area contributed by atoms with Gasteiger partial charge in [0.2, 0.25) is 0 Å². The number of nitrogens with two attached hydrogens (primary N) is 1. The Kier molecular flexibility index (Phi) is 5.25. The van der Waals surface area contributed by atoms with Crippen molar-refractivity contribution in [2.45, 2.75) is 13.0 Å². The molecule has 1 atom stereocenters. The van der Waals surface area contributed by atoms with Crippen molar-refractivity contribution in [3.8, 4) is 0 Å². The number of aryl methyl sites for hydroxylation is 1. The lowest BCUT2D eigenvalue weighted by Gasteiger charge is -2.21. The summed E-state index contributed by atoms with van der Waals surface area (Å²) in [5, 5.41) is 0. The fourth-order valence-electron chi connectivity index (χ4n) is 1.70. The SMILES string of the molecule is COCC(N)CN(C)C(=O)c1ccc(F)c(C)c1. The third-order valence-electron chi connectivity index (χ3n) is 2.64. The largest absolute Gasteiger partial charge is 0.383 e. The molecule has 0 spiro atoms. The maximum atomic E-state index is 13.1. The second kappa shape index (κ2) is 6.47. The zero-order valence-electron chi connectivity index (χ0n) is 10.9. The molecule has 0 aliphatic rings. The van der Waals surface area contributed by atoms with Gasteiger partial charge < -0.3 is 15.4 Å². The van der Waals surface area contributed by atoms with Crippen LogP contribution in [0.4, 0.5) is 4.39 Å². The summed E-state index contributed by atoms with van der Waals surface area (Å²) in [5.41, 5.74) is 6.69. The molecule has 1 unspecified atom stereocenters. The Morgan fingerprint density at radius 2 is 2.22 bits per heavy atom. The van der Waals surface area contributed by atoms with E-state index in [0.717, 1.165) is 0 Å². The molecule has 0 saturated carbocycles. The molecule has 0 heterocycles. The number of methoxy groups -OCH3 is 1. The summed E-state index contributed by atoms with van der Waals surface area (Å²) in [4.78, 5) is 13.6. The molecule has 1 rings (SSSR count). The number of carbonyl (C=O) groups is 1. The smallest absolute Gasteiger partial charge is 0.253 e. The van der Waals surface area contributed by atoms with Gasteiger partial charge in [0.25, 0.3) is 5.91 Å². The predicted octanol–water partition coefficient (Wildman–Crippen LogP) is 1.18. The van der Waals surface area contributed by atoms with Crippen molar-refractivity contribution in [3.05, 3.63) is 35.1 Å². The predicted molar refractivity (Wildman–Crippen MR) is 67.9 cm³/mol. The van der Waals surface area contributed by atoms with E-state index in [2.05, 4.69) is 0 Å². The van der Waals surface area contributed by atoms with E-state index < -0.39 is 0 Å². The van der Waals surface area contributed by atoms with Crippen LogP contribution in [0.1, 0.15) is 15.9 Å². The third kappa shape index (κ3) is 3.78. The highest BCUT2D eigenvalue weighted by atomic mass is 19.1. The molecule has 0 saturated heterocycles. The minimum Gasteiger partial charge on any atom is -0.383 e. The van der Waals surface area contributed by atoms with Crippen LogP contribution in [-0.4, -0.2) is 44.2 Å². The highest BCUT2D eigenvalue weighted by Crippen LogP contribution is 2.11. The number of halogens is 1. The van der Waals surface area contributed by atoms with E-state index in [4.69, 9.17) is 10.5 Å². The molecule has 100 valence electrons. The van der Waals surface area contributed by atoms with Crippen LogP contribution in [0.3, 0.4) is 0 Å². The number of nitrogens with zero attached hydrogens (tertiary/aromatic N) is 1. The Labute approximate surface area is 107 Å². The molecule has 0 aliphatic carbocycles. The lowest BCUT2D eigenvalue weighted by atomic mass is 10.1. The van der Waals surface area contributed by atoms with Crippen molar-refractivity contribution in [1.29, 1.82) is 0 Å². The summed E-state index contributed by atoms with van der Waals surface area (Å²) in [7, 11) is 3.22. The van der Waals surface area contributed by atoms with Crippen LogP contribution in [0.5, 0.6) is 0 Å². The summed E-state index contributed by atoms with van der Waals surface area (Å²) in [6, 6.07) is 4.08. The maximum absolute atomic E-state index is 13.1. The molecule has 4 nitrogen and oxygen atoms in total. The monoisotopic (exact) mass is 254 g/mol. The van der Waals surface area contributed by atoms with Crippen molar-refractivity contribution < 1.29 is 13.9 Å². The van der Waals surface area contributed by atoms with Gasteiger partial charge in [0.1, 0.15) is 5.82 Å². The molecule has 1 aromatic rings. The summed E-state index contributed by atoms with van der Waals surface area (Å²) >= 11 is 0. The van der Waals surface area contributed by atoms with Gasteiger partial charge >= 0.3 is 0 Å². The molecular formula is C13H19FN2O2. The fourth-order valence-corrected chi connectivity index (χ4v) is 1.70. The second-order valence-corrected chi connectivity index (χ2v) is 4.37. The van der Waals surface area contributed by atoms with Gasteiger partial charge in [0.15, 0.2) is 0 Å². The zero-order valence-corrected chi connectivity index (χ0v) is 10.9. The van der Waals surface area contributed by atoms with Gasteiger partial charge in [-0.2, -0.15) is 0 Å². The average Bonchev–Trinajstić information content (AvgIpc) is 2.32. The first-order valence-corrected chi connectivity index (χ1v) is 5.71. The molecule has 2 N–H and O–H groups in total. The van der Waals surface area contributed by atoms with Gasteiger partial charge in [-0.05, 0) is 30.7 Å². The topological polar surface area (TPSA) is 55.6 Å². The van der Waals surface area contributed by atoms with E-state index in [1.807, 2.05) is 0 Å². The van der Waals surface area contributed by atoms with Crippen LogP contribution < -0.4 is 5.73 Å². The minimum atomic E-state index is -0.315. The Hall–Kier alpha value is -1.46. The van der Waals surface area contributed by atoms with Gasteiger partial charge in [0.05, 0.1) is 6.61 Å². The number of hydrogen-bond acceptors (Lipinski definition) is 3. The van der Waals surface area contributed by atoms with E-state index >= 15 is 0 Å². The first kappa shape index (κ1) is 14.6. The first-order valence-electron chi connectivity index (χ1n) is 5.71. The molecule has 0 bridgehead atoms. The van der Waals surface area contributed by atoms with E-state index in [1.165, 1.54) is 23.1 Å². The minimum absolute atomic E-state index is 0.176.